The zero-order chi connectivity index (χ0) is 16.4. The summed E-state index contributed by atoms with van der Waals surface area (Å²) in [5.74, 6) is -0.224. The van der Waals surface area contributed by atoms with Gasteiger partial charge in [0.2, 0.25) is 5.91 Å². The lowest BCUT2D eigenvalue weighted by Gasteiger charge is -2.08. The standard InChI is InChI=1S/C17H15ClN2O2S/c1-11-8-13-15(23-11)6-7-20(17(13)22)10-16(21)19-9-12-4-2-3-5-14(12)18/h2-8H,9-10H2,1H3,(H,19,21). The Morgan fingerprint density at radius 2 is 2.09 bits per heavy atom. The monoisotopic (exact) mass is 346 g/mol. The molecule has 0 saturated heterocycles. The zero-order valence-electron chi connectivity index (χ0n) is 12.5. The van der Waals surface area contributed by atoms with Crippen LogP contribution in [0.1, 0.15) is 10.4 Å². The van der Waals surface area contributed by atoms with Gasteiger partial charge in [0.15, 0.2) is 0 Å². The van der Waals surface area contributed by atoms with Crippen LogP contribution in [-0.4, -0.2) is 10.5 Å². The van der Waals surface area contributed by atoms with Crippen molar-refractivity contribution in [2.45, 2.75) is 20.0 Å². The number of nitrogens with one attached hydrogen (secondary N) is 1. The number of hydrogen-bond donors (Lipinski definition) is 1. The van der Waals surface area contributed by atoms with E-state index >= 15 is 0 Å². The Balaban J connectivity index is 1.72. The van der Waals surface area contributed by atoms with Crippen LogP contribution < -0.4 is 10.9 Å². The maximum atomic E-state index is 12.4. The Labute approximate surface area is 142 Å². The molecule has 0 bridgehead atoms. The van der Waals surface area contributed by atoms with Gasteiger partial charge in [0, 0.05) is 27.3 Å². The topological polar surface area (TPSA) is 51.1 Å². The van der Waals surface area contributed by atoms with E-state index in [-0.39, 0.29) is 18.0 Å². The largest absolute Gasteiger partial charge is 0.350 e. The number of aryl methyl sites for hydroxylation is 1. The van der Waals surface area contributed by atoms with Gasteiger partial charge < -0.3 is 9.88 Å². The van der Waals surface area contributed by atoms with Gasteiger partial charge in [0.25, 0.3) is 5.56 Å². The number of aromatic nitrogens is 1. The zero-order valence-corrected chi connectivity index (χ0v) is 14.1. The lowest BCUT2D eigenvalue weighted by molar-refractivity contribution is -0.121. The summed E-state index contributed by atoms with van der Waals surface area (Å²) < 4.78 is 2.37. The fourth-order valence-electron chi connectivity index (χ4n) is 2.37. The first kappa shape index (κ1) is 15.8. The lowest BCUT2D eigenvalue weighted by Crippen LogP contribution is -2.31. The maximum Gasteiger partial charge on any atom is 0.259 e. The number of amides is 1. The minimum Gasteiger partial charge on any atom is -0.350 e. The van der Waals surface area contributed by atoms with E-state index in [2.05, 4.69) is 5.32 Å². The summed E-state index contributed by atoms with van der Waals surface area (Å²) in [4.78, 5) is 25.5. The number of thiophene rings is 1. The molecular weight excluding hydrogens is 332 g/mol. The highest BCUT2D eigenvalue weighted by Crippen LogP contribution is 2.21. The molecule has 2 heterocycles. The van der Waals surface area contributed by atoms with Crippen LogP contribution >= 0.6 is 22.9 Å². The molecule has 6 heteroatoms. The number of carbonyl (C=O) groups is 1. The number of nitrogens with zero attached hydrogens (tertiary/aromatic N) is 1. The summed E-state index contributed by atoms with van der Waals surface area (Å²) >= 11 is 7.63. The Morgan fingerprint density at radius 1 is 1.30 bits per heavy atom. The molecule has 4 nitrogen and oxygen atoms in total. The summed E-state index contributed by atoms with van der Waals surface area (Å²) in [6, 6.07) is 11.1. The second-order valence-corrected chi connectivity index (χ2v) is 6.95. The van der Waals surface area contributed by atoms with Gasteiger partial charge in [0.05, 0.1) is 5.39 Å². The van der Waals surface area contributed by atoms with E-state index in [0.29, 0.717) is 17.0 Å². The van der Waals surface area contributed by atoms with Gasteiger partial charge in [-0.2, -0.15) is 0 Å². The van der Waals surface area contributed by atoms with Crippen LogP contribution in [0, 0.1) is 6.92 Å². The van der Waals surface area contributed by atoms with Gasteiger partial charge in [-0.1, -0.05) is 29.8 Å². The molecule has 0 atom stereocenters. The van der Waals surface area contributed by atoms with Crippen molar-refractivity contribution < 1.29 is 4.79 Å². The first-order chi connectivity index (χ1) is 11.0. The molecule has 118 valence electrons. The lowest BCUT2D eigenvalue weighted by atomic mass is 10.2. The first-order valence-corrected chi connectivity index (χ1v) is 8.34. The average molecular weight is 347 g/mol. The van der Waals surface area contributed by atoms with E-state index in [4.69, 9.17) is 11.6 Å². The van der Waals surface area contributed by atoms with E-state index in [1.807, 2.05) is 37.3 Å². The van der Waals surface area contributed by atoms with Gasteiger partial charge in [0.1, 0.15) is 6.54 Å². The molecule has 3 aromatic rings. The number of rotatable bonds is 4. The van der Waals surface area contributed by atoms with E-state index in [1.54, 1.807) is 23.6 Å². The highest BCUT2D eigenvalue weighted by atomic mass is 35.5. The van der Waals surface area contributed by atoms with Gasteiger partial charge in [-0.15, -0.1) is 11.3 Å². The van der Waals surface area contributed by atoms with Crippen molar-refractivity contribution in [1.29, 1.82) is 0 Å². The van der Waals surface area contributed by atoms with Crippen LogP contribution in [0.2, 0.25) is 5.02 Å². The van der Waals surface area contributed by atoms with Crippen LogP contribution in [0.15, 0.2) is 47.4 Å². The summed E-state index contributed by atoms with van der Waals surface area (Å²) in [5.41, 5.74) is 0.707. The first-order valence-electron chi connectivity index (χ1n) is 7.14. The fraction of sp³-hybridized carbons (Fsp3) is 0.176. The predicted octanol–water partition coefficient (Wildman–Crippen LogP) is 3.34. The summed E-state index contributed by atoms with van der Waals surface area (Å²) in [5, 5.41) is 4.06. The third-order valence-electron chi connectivity index (χ3n) is 3.53. The van der Waals surface area contributed by atoms with Crippen LogP contribution in [0.4, 0.5) is 0 Å². The quantitative estimate of drug-likeness (QED) is 0.787. The molecule has 1 amide bonds. The van der Waals surface area contributed by atoms with Crippen LogP contribution in [-0.2, 0) is 17.9 Å². The minimum absolute atomic E-state index is 0.00583. The van der Waals surface area contributed by atoms with Crippen LogP contribution in [0.25, 0.3) is 10.1 Å². The third-order valence-corrected chi connectivity index (χ3v) is 4.91. The van der Waals surface area contributed by atoms with Gasteiger partial charge in [-0.3, -0.25) is 9.59 Å². The molecule has 1 aromatic carbocycles. The van der Waals surface area contributed by atoms with Gasteiger partial charge in [-0.25, -0.2) is 0 Å². The summed E-state index contributed by atoms with van der Waals surface area (Å²) in [6.07, 6.45) is 1.66. The highest BCUT2D eigenvalue weighted by molar-refractivity contribution is 7.18. The van der Waals surface area contributed by atoms with Gasteiger partial charge in [-0.05, 0) is 30.7 Å². The molecule has 0 spiro atoms. The van der Waals surface area contributed by atoms with Crippen molar-refractivity contribution in [3.63, 3.8) is 0 Å². The number of carbonyl (C=O) groups excluding carboxylic acids is 1. The molecule has 3 rings (SSSR count). The number of halogens is 1. The second-order valence-electron chi connectivity index (χ2n) is 5.25. The summed E-state index contributed by atoms with van der Waals surface area (Å²) in [6.45, 7) is 2.30. The SMILES string of the molecule is Cc1cc2c(=O)n(CC(=O)NCc3ccccc3Cl)ccc2s1. The number of benzene rings is 1. The number of hydrogen-bond acceptors (Lipinski definition) is 3. The molecule has 0 radical (unpaired) electrons. The molecule has 23 heavy (non-hydrogen) atoms. The number of fused-ring (bicyclic) bond motifs is 1. The van der Waals surface area contributed by atoms with Gasteiger partial charge >= 0.3 is 0 Å². The Hall–Kier alpha value is -2.11. The molecular formula is C17H15ClN2O2S. The van der Waals surface area contributed by atoms with E-state index in [0.717, 1.165) is 15.1 Å². The third kappa shape index (κ3) is 3.46. The van der Waals surface area contributed by atoms with Crippen molar-refractivity contribution in [2.24, 2.45) is 0 Å². The normalized spacial score (nSPS) is 10.9. The minimum atomic E-state index is -0.224. The smallest absolute Gasteiger partial charge is 0.259 e. The van der Waals surface area contributed by atoms with Crippen molar-refractivity contribution in [3.8, 4) is 0 Å². The molecule has 0 saturated carbocycles. The van der Waals surface area contributed by atoms with Crippen molar-refractivity contribution in [2.75, 3.05) is 0 Å². The second kappa shape index (κ2) is 6.56. The molecule has 0 aliphatic heterocycles. The van der Waals surface area contributed by atoms with Crippen molar-refractivity contribution in [3.05, 3.63) is 68.4 Å². The molecule has 2 aromatic heterocycles. The Bertz CT molecular complexity index is 930. The van der Waals surface area contributed by atoms with E-state index in [1.165, 1.54) is 4.57 Å². The molecule has 0 fully saturated rings. The molecule has 0 aliphatic rings. The van der Waals surface area contributed by atoms with Crippen LogP contribution in [0.5, 0.6) is 0 Å². The van der Waals surface area contributed by atoms with Crippen molar-refractivity contribution in [1.82, 2.24) is 9.88 Å². The Kier molecular flexibility index (Phi) is 4.50. The Morgan fingerprint density at radius 3 is 2.87 bits per heavy atom. The maximum absolute atomic E-state index is 12.4. The van der Waals surface area contributed by atoms with E-state index < -0.39 is 0 Å². The van der Waals surface area contributed by atoms with E-state index in [9.17, 15) is 9.59 Å². The molecule has 0 unspecified atom stereocenters. The summed E-state index contributed by atoms with van der Waals surface area (Å²) in [7, 11) is 0. The van der Waals surface area contributed by atoms with Crippen LogP contribution in [0.3, 0.4) is 0 Å². The number of pyridine rings is 1. The fourth-order valence-corrected chi connectivity index (χ4v) is 3.49. The predicted molar refractivity (Wildman–Crippen MR) is 94.1 cm³/mol. The molecule has 1 N–H and O–H groups in total. The highest BCUT2D eigenvalue weighted by Gasteiger charge is 2.09. The average Bonchev–Trinajstić information content (AvgIpc) is 2.91. The molecule has 0 aliphatic carbocycles. The van der Waals surface area contributed by atoms with Crippen molar-refractivity contribution >= 4 is 38.9 Å².